The van der Waals surface area contributed by atoms with Gasteiger partial charge in [0, 0.05) is 11.1 Å². The first-order chi connectivity index (χ1) is 18.2. The molecule has 4 aromatic carbocycles. The van der Waals surface area contributed by atoms with Crippen molar-refractivity contribution >= 4 is 50.7 Å². The minimum Gasteiger partial charge on any atom is -0.491 e. The first kappa shape index (κ1) is 25.1. The molecule has 192 valence electrons. The second kappa shape index (κ2) is 9.71. The summed E-state index contributed by atoms with van der Waals surface area (Å²) in [7, 11) is 0.832. The predicted molar refractivity (Wildman–Crippen MR) is 138 cm³/mol. The molecule has 0 atom stereocenters. The molecular formula is C26H17F4N5O2S. The zero-order valence-electron chi connectivity index (χ0n) is 19.8. The third-order valence-electron chi connectivity index (χ3n) is 5.84. The van der Waals surface area contributed by atoms with E-state index in [9.17, 15) is 22.4 Å². The van der Waals surface area contributed by atoms with E-state index in [4.69, 9.17) is 12.2 Å². The molecule has 0 saturated carbocycles. The zero-order chi connectivity index (χ0) is 27.1. The molecule has 1 aromatic heterocycles. The van der Waals surface area contributed by atoms with Crippen LogP contribution in [-0.2, 0) is 0 Å². The van der Waals surface area contributed by atoms with Gasteiger partial charge in [-0.2, -0.15) is 8.78 Å². The van der Waals surface area contributed by atoms with Crippen LogP contribution in [0, 0.1) is 30.2 Å². The molecule has 0 bridgehead atoms. The van der Waals surface area contributed by atoms with E-state index >= 15 is 0 Å². The average Bonchev–Trinajstić information content (AvgIpc) is 3.30. The van der Waals surface area contributed by atoms with Gasteiger partial charge in [-0.1, -0.05) is 36.4 Å². The number of aromatic nitrogens is 3. The third-order valence-corrected chi connectivity index (χ3v) is 6.04. The summed E-state index contributed by atoms with van der Waals surface area (Å²) in [4.78, 5) is 13.9. The van der Waals surface area contributed by atoms with Gasteiger partial charge in [-0.15, -0.1) is 15.0 Å². The molecule has 7 nitrogen and oxygen atoms in total. The number of nitrogens with one attached hydrogen (secondary N) is 2. The Bertz CT molecular complexity index is 1740. The van der Waals surface area contributed by atoms with E-state index in [-0.39, 0.29) is 5.11 Å². The Kier molecular flexibility index (Phi) is 6.41. The van der Waals surface area contributed by atoms with Gasteiger partial charge in [0.05, 0.1) is 12.8 Å². The lowest BCUT2D eigenvalue weighted by molar-refractivity contribution is 0.0966. The number of hydrogen-bond acceptors (Lipinski definition) is 5. The van der Waals surface area contributed by atoms with E-state index in [1.165, 1.54) is 4.80 Å². The lowest BCUT2D eigenvalue weighted by atomic mass is 10.1. The van der Waals surface area contributed by atoms with Gasteiger partial charge in [0.2, 0.25) is 11.6 Å². The zero-order valence-corrected chi connectivity index (χ0v) is 20.6. The number of halogens is 4. The van der Waals surface area contributed by atoms with Crippen molar-refractivity contribution in [1.82, 2.24) is 20.3 Å². The number of thiocarbonyl (C=S) groups is 1. The van der Waals surface area contributed by atoms with E-state index in [0.29, 0.717) is 22.3 Å². The number of benzene rings is 4. The van der Waals surface area contributed by atoms with Gasteiger partial charge in [0.15, 0.2) is 22.5 Å². The van der Waals surface area contributed by atoms with Crippen molar-refractivity contribution in [3.63, 3.8) is 0 Å². The van der Waals surface area contributed by atoms with Crippen molar-refractivity contribution in [2.24, 2.45) is 0 Å². The number of ether oxygens (including phenoxy) is 1. The molecule has 0 radical (unpaired) electrons. The van der Waals surface area contributed by atoms with Crippen molar-refractivity contribution < 1.29 is 27.1 Å². The minimum atomic E-state index is -1.91. The van der Waals surface area contributed by atoms with Crippen LogP contribution >= 0.6 is 12.2 Å². The molecule has 1 amide bonds. The van der Waals surface area contributed by atoms with Crippen molar-refractivity contribution in [2.45, 2.75) is 6.92 Å². The van der Waals surface area contributed by atoms with Crippen molar-refractivity contribution in [2.75, 3.05) is 12.4 Å². The predicted octanol–water partition coefficient (Wildman–Crippen LogP) is 5.57. The number of amides is 1. The Hall–Kier alpha value is -4.58. The standard InChI is InChI=1S/C26H17F4N5O2S/c1-12-10-16-17(34-35(33-16)18-9-5-7-13-6-3-4-8-14(13)18)11-15(12)31-26(38)32-25(36)19-20(27)22(29)24(37-2)23(30)21(19)28/h3-11H,1-2H3,(H2,31,32,36,38). The van der Waals surface area contributed by atoms with E-state index in [0.717, 1.165) is 23.6 Å². The summed E-state index contributed by atoms with van der Waals surface area (Å²) in [6, 6.07) is 16.9. The van der Waals surface area contributed by atoms with Crippen LogP contribution in [0.25, 0.3) is 27.5 Å². The van der Waals surface area contributed by atoms with Crippen molar-refractivity contribution in [3.05, 3.63) is 89.0 Å². The molecule has 0 aliphatic rings. The molecular weight excluding hydrogens is 522 g/mol. The van der Waals surface area contributed by atoms with Gasteiger partial charge in [0.1, 0.15) is 16.6 Å². The summed E-state index contributed by atoms with van der Waals surface area (Å²) in [6.45, 7) is 1.75. The van der Waals surface area contributed by atoms with E-state index in [2.05, 4.69) is 20.3 Å². The molecule has 1 heterocycles. The van der Waals surface area contributed by atoms with Crippen molar-refractivity contribution in [1.29, 1.82) is 0 Å². The van der Waals surface area contributed by atoms with Gasteiger partial charge in [0.25, 0.3) is 5.91 Å². The summed E-state index contributed by atoms with van der Waals surface area (Å²) in [6.07, 6.45) is 0. The van der Waals surface area contributed by atoms with Crippen LogP contribution in [0.3, 0.4) is 0 Å². The number of fused-ring (bicyclic) bond motifs is 2. The van der Waals surface area contributed by atoms with Gasteiger partial charge >= 0.3 is 0 Å². The number of carbonyl (C=O) groups excluding carboxylic acids is 1. The monoisotopic (exact) mass is 539 g/mol. The maximum atomic E-state index is 14.3. The normalized spacial score (nSPS) is 11.1. The number of nitrogens with zero attached hydrogens (tertiary/aromatic N) is 3. The number of aryl methyl sites for hydroxylation is 1. The van der Waals surface area contributed by atoms with Gasteiger partial charge in [-0.05, 0) is 48.3 Å². The molecule has 12 heteroatoms. The summed E-state index contributed by atoms with van der Waals surface area (Å²) in [5, 5.41) is 15.5. The summed E-state index contributed by atoms with van der Waals surface area (Å²) >= 11 is 5.09. The molecule has 0 unspecified atom stereocenters. The Balaban J connectivity index is 1.41. The molecule has 5 rings (SSSR count). The summed E-state index contributed by atoms with van der Waals surface area (Å²) < 4.78 is 60.9. The molecule has 0 saturated heterocycles. The number of hydrogen-bond donors (Lipinski definition) is 2. The lowest BCUT2D eigenvalue weighted by Crippen LogP contribution is -2.35. The fourth-order valence-corrected chi connectivity index (χ4v) is 4.20. The van der Waals surface area contributed by atoms with E-state index in [1.54, 1.807) is 19.1 Å². The summed E-state index contributed by atoms with van der Waals surface area (Å²) in [5.41, 5.74) is 1.46. The minimum absolute atomic E-state index is 0.366. The van der Waals surface area contributed by atoms with Crippen LogP contribution in [0.15, 0.2) is 54.6 Å². The van der Waals surface area contributed by atoms with Crippen LogP contribution in [0.1, 0.15) is 15.9 Å². The second-order valence-corrected chi connectivity index (χ2v) is 8.62. The SMILES string of the molecule is COc1c(F)c(F)c(C(=O)NC(=S)Nc2cc3nn(-c4cccc5ccccc45)nc3cc2C)c(F)c1F. The third kappa shape index (κ3) is 4.28. The Morgan fingerprint density at radius 1 is 0.921 bits per heavy atom. The largest absolute Gasteiger partial charge is 0.491 e. The highest BCUT2D eigenvalue weighted by atomic mass is 32.1. The first-order valence-electron chi connectivity index (χ1n) is 11.1. The molecule has 5 aromatic rings. The highest BCUT2D eigenvalue weighted by Gasteiger charge is 2.30. The quantitative estimate of drug-likeness (QED) is 0.177. The molecule has 0 spiro atoms. The Morgan fingerprint density at radius 2 is 1.55 bits per heavy atom. The lowest BCUT2D eigenvalue weighted by Gasteiger charge is -2.13. The molecule has 0 fully saturated rings. The average molecular weight is 540 g/mol. The van der Waals surface area contributed by atoms with E-state index in [1.807, 2.05) is 47.8 Å². The highest BCUT2D eigenvalue weighted by molar-refractivity contribution is 7.80. The van der Waals surface area contributed by atoms with Crippen LogP contribution in [0.5, 0.6) is 5.75 Å². The molecule has 38 heavy (non-hydrogen) atoms. The fraction of sp³-hybridized carbons (Fsp3) is 0.0769. The number of methoxy groups -OCH3 is 1. The highest BCUT2D eigenvalue weighted by Crippen LogP contribution is 2.30. The van der Waals surface area contributed by atoms with Crippen LogP contribution in [-0.4, -0.2) is 33.1 Å². The fourth-order valence-electron chi connectivity index (χ4n) is 4.00. The molecule has 2 N–H and O–H groups in total. The maximum Gasteiger partial charge on any atom is 0.263 e. The van der Waals surface area contributed by atoms with Gasteiger partial charge in [-0.25, -0.2) is 8.78 Å². The maximum absolute atomic E-state index is 14.3. The number of anilines is 1. The van der Waals surface area contributed by atoms with E-state index < -0.39 is 40.5 Å². The second-order valence-electron chi connectivity index (χ2n) is 8.22. The van der Waals surface area contributed by atoms with Crippen LogP contribution in [0.2, 0.25) is 0 Å². The van der Waals surface area contributed by atoms with Crippen molar-refractivity contribution in [3.8, 4) is 11.4 Å². The molecule has 0 aliphatic carbocycles. The van der Waals surface area contributed by atoms with Gasteiger partial charge < -0.3 is 10.1 Å². The molecule has 0 aliphatic heterocycles. The number of carbonyl (C=O) groups is 1. The number of rotatable bonds is 4. The first-order valence-corrected chi connectivity index (χ1v) is 11.5. The Morgan fingerprint density at radius 3 is 2.24 bits per heavy atom. The Labute approximate surface area is 218 Å². The summed E-state index contributed by atoms with van der Waals surface area (Å²) in [5.74, 6) is -10.3. The smallest absolute Gasteiger partial charge is 0.263 e. The van der Waals surface area contributed by atoms with Crippen LogP contribution < -0.4 is 15.4 Å². The topological polar surface area (TPSA) is 81.1 Å². The van der Waals surface area contributed by atoms with Gasteiger partial charge in [-0.3, -0.25) is 10.1 Å². The van der Waals surface area contributed by atoms with Crippen LogP contribution in [0.4, 0.5) is 23.2 Å².